The molecular formula is C18H19FN2O3. The van der Waals surface area contributed by atoms with Gasteiger partial charge >= 0.3 is 0 Å². The van der Waals surface area contributed by atoms with Gasteiger partial charge in [-0.3, -0.25) is 20.4 Å². The predicted molar refractivity (Wildman–Crippen MR) is 87.7 cm³/mol. The molecule has 0 aliphatic carbocycles. The van der Waals surface area contributed by atoms with E-state index in [0.29, 0.717) is 5.75 Å². The van der Waals surface area contributed by atoms with Crippen LogP contribution in [0.4, 0.5) is 4.39 Å². The maximum absolute atomic E-state index is 13.4. The number of ether oxygens (including phenoxy) is 1. The summed E-state index contributed by atoms with van der Waals surface area (Å²) in [7, 11) is 0. The van der Waals surface area contributed by atoms with Crippen molar-refractivity contribution in [3.63, 3.8) is 0 Å². The van der Waals surface area contributed by atoms with E-state index < -0.39 is 17.6 Å². The Bertz CT molecular complexity index is 719. The number of hydrogen-bond acceptors (Lipinski definition) is 3. The first-order chi connectivity index (χ1) is 11.6. The lowest BCUT2D eigenvalue weighted by Gasteiger charge is -2.11. The number of benzene rings is 2. The molecule has 0 radical (unpaired) electrons. The van der Waals surface area contributed by atoms with Gasteiger partial charge in [-0.25, -0.2) is 4.39 Å². The van der Waals surface area contributed by atoms with Crippen LogP contribution in [0, 0.1) is 5.82 Å². The molecule has 0 atom stereocenters. The SMILES string of the molecule is CCc1ccccc1OCC(=O)NNC(=O)Cc1ccccc1F. The predicted octanol–water partition coefficient (Wildman–Crippen LogP) is 2.16. The van der Waals surface area contributed by atoms with Gasteiger partial charge in [0.25, 0.3) is 5.91 Å². The normalized spacial score (nSPS) is 10.1. The fourth-order valence-electron chi connectivity index (χ4n) is 2.11. The number of halogens is 1. The lowest BCUT2D eigenvalue weighted by molar-refractivity contribution is -0.129. The Morgan fingerprint density at radius 2 is 1.58 bits per heavy atom. The number of carbonyl (C=O) groups excluding carboxylic acids is 2. The lowest BCUT2D eigenvalue weighted by Crippen LogP contribution is -2.44. The average molecular weight is 330 g/mol. The van der Waals surface area contributed by atoms with Gasteiger partial charge in [0.1, 0.15) is 11.6 Å². The van der Waals surface area contributed by atoms with Crippen molar-refractivity contribution in [3.05, 3.63) is 65.5 Å². The van der Waals surface area contributed by atoms with Gasteiger partial charge in [-0.15, -0.1) is 0 Å². The molecule has 0 bridgehead atoms. The second-order valence-corrected chi connectivity index (χ2v) is 5.11. The van der Waals surface area contributed by atoms with Gasteiger partial charge in [-0.1, -0.05) is 43.3 Å². The number of hydrazine groups is 1. The molecule has 0 unspecified atom stereocenters. The zero-order valence-corrected chi connectivity index (χ0v) is 13.3. The molecule has 2 N–H and O–H groups in total. The molecule has 2 rings (SSSR count). The number of nitrogens with one attached hydrogen (secondary N) is 2. The van der Waals surface area contributed by atoms with Gasteiger partial charge in [-0.05, 0) is 29.7 Å². The van der Waals surface area contributed by atoms with Crippen molar-refractivity contribution in [1.82, 2.24) is 10.9 Å². The Morgan fingerprint density at radius 3 is 2.29 bits per heavy atom. The van der Waals surface area contributed by atoms with E-state index in [9.17, 15) is 14.0 Å². The molecule has 0 aromatic heterocycles. The van der Waals surface area contributed by atoms with Crippen LogP contribution in [0.2, 0.25) is 0 Å². The van der Waals surface area contributed by atoms with E-state index in [-0.39, 0.29) is 18.6 Å². The minimum atomic E-state index is -0.512. The van der Waals surface area contributed by atoms with Crippen LogP contribution < -0.4 is 15.6 Å². The summed E-state index contributed by atoms with van der Waals surface area (Å²) in [5.41, 5.74) is 5.74. The maximum Gasteiger partial charge on any atom is 0.276 e. The number of amides is 2. The molecular weight excluding hydrogens is 311 g/mol. The first kappa shape index (κ1) is 17.5. The van der Waals surface area contributed by atoms with Gasteiger partial charge in [-0.2, -0.15) is 0 Å². The highest BCUT2D eigenvalue weighted by atomic mass is 19.1. The van der Waals surface area contributed by atoms with E-state index in [2.05, 4.69) is 10.9 Å². The van der Waals surface area contributed by atoms with Crippen LogP contribution in [0.1, 0.15) is 18.1 Å². The quantitative estimate of drug-likeness (QED) is 0.798. The smallest absolute Gasteiger partial charge is 0.276 e. The lowest BCUT2D eigenvalue weighted by atomic mass is 10.1. The van der Waals surface area contributed by atoms with E-state index in [0.717, 1.165) is 12.0 Å². The number of para-hydroxylation sites is 1. The van der Waals surface area contributed by atoms with Crippen LogP contribution >= 0.6 is 0 Å². The van der Waals surface area contributed by atoms with Crippen molar-refractivity contribution in [2.24, 2.45) is 0 Å². The molecule has 2 amide bonds. The monoisotopic (exact) mass is 330 g/mol. The highest BCUT2D eigenvalue weighted by molar-refractivity contribution is 5.83. The molecule has 2 aromatic rings. The topological polar surface area (TPSA) is 67.4 Å². The van der Waals surface area contributed by atoms with Gasteiger partial charge in [0.2, 0.25) is 5.91 Å². The van der Waals surface area contributed by atoms with Crippen molar-refractivity contribution < 1.29 is 18.7 Å². The summed E-state index contributed by atoms with van der Waals surface area (Å²) >= 11 is 0. The molecule has 0 saturated carbocycles. The molecule has 0 heterocycles. The summed E-state index contributed by atoms with van der Waals surface area (Å²) in [6.45, 7) is 1.77. The van der Waals surface area contributed by atoms with Crippen LogP contribution in [0.25, 0.3) is 0 Å². The molecule has 126 valence electrons. The third-order valence-electron chi connectivity index (χ3n) is 3.36. The highest BCUT2D eigenvalue weighted by Crippen LogP contribution is 2.17. The van der Waals surface area contributed by atoms with Crippen LogP contribution in [-0.4, -0.2) is 18.4 Å². The Hall–Kier alpha value is -2.89. The zero-order chi connectivity index (χ0) is 17.4. The maximum atomic E-state index is 13.4. The van der Waals surface area contributed by atoms with Crippen LogP contribution in [0.5, 0.6) is 5.75 Å². The van der Waals surface area contributed by atoms with Crippen LogP contribution in [0.15, 0.2) is 48.5 Å². The van der Waals surface area contributed by atoms with Crippen molar-refractivity contribution in [2.75, 3.05) is 6.61 Å². The van der Waals surface area contributed by atoms with Gasteiger partial charge in [0.05, 0.1) is 6.42 Å². The molecule has 2 aromatic carbocycles. The van der Waals surface area contributed by atoms with E-state index in [4.69, 9.17) is 4.74 Å². The molecule has 0 aliphatic rings. The fraction of sp³-hybridized carbons (Fsp3) is 0.222. The molecule has 0 aliphatic heterocycles. The molecule has 0 saturated heterocycles. The van der Waals surface area contributed by atoms with Crippen molar-refractivity contribution in [1.29, 1.82) is 0 Å². The van der Waals surface area contributed by atoms with Crippen LogP contribution in [0.3, 0.4) is 0 Å². The van der Waals surface area contributed by atoms with Crippen molar-refractivity contribution in [2.45, 2.75) is 19.8 Å². The Balaban J connectivity index is 1.77. The zero-order valence-electron chi connectivity index (χ0n) is 13.3. The van der Waals surface area contributed by atoms with Crippen molar-refractivity contribution >= 4 is 11.8 Å². The molecule has 5 nitrogen and oxygen atoms in total. The van der Waals surface area contributed by atoms with E-state index in [1.54, 1.807) is 18.2 Å². The first-order valence-corrected chi connectivity index (χ1v) is 7.62. The largest absolute Gasteiger partial charge is 0.483 e. The third kappa shape index (κ3) is 5.08. The second kappa shape index (κ2) is 8.67. The van der Waals surface area contributed by atoms with Gasteiger partial charge < -0.3 is 4.74 Å². The minimum absolute atomic E-state index is 0.160. The summed E-state index contributed by atoms with van der Waals surface area (Å²) in [5.74, 6) is -0.837. The number of rotatable bonds is 6. The molecule has 0 spiro atoms. The summed E-state index contributed by atoms with van der Waals surface area (Å²) < 4.78 is 18.9. The first-order valence-electron chi connectivity index (χ1n) is 7.62. The van der Waals surface area contributed by atoms with E-state index in [1.165, 1.54) is 12.1 Å². The number of aryl methyl sites for hydroxylation is 1. The second-order valence-electron chi connectivity index (χ2n) is 5.11. The van der Waals surface area contributed by atoms with Crippen LogP contribution in [-0.2, 0) is 22.4 Å². The Morgan fingerprint density at radius 1 is 0.958 bits per heavy atom. The number of carbonyl (C=O) groups is 2. The summed E-state index contributed by atoms with van der Waals surface area (Å²) in [5, 5.41) is 0. The highest BCUT2D eigenvalue weighted by Gasteiger charge is 2.10. The molecule has 0 fully saturated rings. The average Bonchev–Trinajstić information content (AvgIpc) is 2.60. The molecule has 24 heavy (non-hydrogen) atoms. The Kier molecular flexibility index (Phi) is 6.31. The third-order valence-corrected chi connectivity index (χ3v) is 3.36. The van der Waals surface area contributed by atoms with Crippen molar-refractivity contribution in [3.8, 4) is 5.75 Å². The standard InChI is InChI=1S/C18H19FN2O3/c1-2-13-7-4-6-10-16(13)24-12-18(23)21-20-17(22)11-14-8-3-5-9-15(14)19/h3-10H,2,11-12H2,1H3,(H,20,22)(H,21,23). The fourth-order valence-corrected chi connectivity index (χ4v) is 2.11. The van der Waals surface area contributed by atoms with Gasteiger partial charge in [0, 0.05) is 0 Å². The van der Waals surface area contributed by atoms with E-state index in [1.807, 2.05) is 25.1 Å². The summed E-state index contributed by atoms with van der Waals surface area (Å²) in [6, 6.07) is 13.4. The van der Waals surface area contributed by atoms with Gasteiger partial charge in [0.15, 0.2) is 6.61 Å². The van der Waals surface area contributed by atoms with E-state index >= 15 is 0 Å². The Labute approximate surface area is 139 Å². The summed E-state index contributed by atoms with van der Waals surface area (Å²) in [6.07, 6.45) is 0.629. The number of hydrogen-bond donors (Lipinski definition) is 2. The minimum Gasteiger partial charge on any atom is -0.483 e. The summed E-state index contributed by atoms with van der Waals surface area (Å²) in [4.78, 5) is 23.4. The molecule has 6 heteroatoms.